The average molecular weight is 517 g/mol. The van der Waals surface area contributed by atoms with Crippen LogP contribution in [-0.4, -0.2) is 33.9 Å². The Hall–Kier alpha value is -3.17. The second kappa shape index (κ2) is 9.97. The number of esters is 1. The Morgan fingerprint density at radius 2 is 1.66 bits per heavy atom. The van der Waals surface area contributed by atoms with Crippen molar-refractivity contribution < 1.29 is 22.7 Å². The van der Waals surface area contributed by atoms with Gasteiger partial charge in [-0.1, -0.05) is 39.7 Å². The van der Waals surface area contributed by atoms with Crippen LogP contribution in [0.4, 0.5) is 11.4 Å². The molecule has 0 radical (unpaired) electrons. The molecule has 0 saturated carbocycles. The minimum absolute atomic E-state index is 0.0755. The number of anilines is 2. The molecule has 7 nitrogen and oxygen atoms in total. The first kappa shape index (κ1) is 23.5. The molecular weight excluding hydrogens is 496 g/mol. The summed E-state index contributed by atoms with van der Waals surface area (Å²) in [5.74, 6) is -1.11. The maximum absolute atomic E-state index is 13.4. The third kappa shape index (κ3) is 5.54. The van der Waals surface area contributed by atoms with Gasteiger partial charge in [-0.05, 0) is 61.5 Å². The van der Waals surface area contributed by atoms with Gasteiger partial charge in [-0.3, -0.25) is 9.10 Å². The van der Waals surface area contributed by atoms with Crippen LogP contribution in [0.1, 0.15) is 15.9 Å². The van der Waals surface area contributed by atoms with Gasteiger partial charge in [0.05, 0.1) is 23.3 Å². The van der Waals surface area contributed by atoms with Gasteiger partial charge >= 0.3 is 5.97 Å². The monoisotopic (exact) mass is 516 g/mol. The zero-order chi connectivity index (χ0) is 23.3. The molecule has 1 N–H and O–H groups in total. The molecule has 0 atom stereocenters. The van der Waals surface area contributed by atoms with Crippen molar-refractivity contribution in [2.45, 2.75) is 11.8 Å². The van der Waals surface area contributed by atoms with Crippen LogP contribution in [0.25, 0.3) is 0 Å². The van der Waals surface area contributed by atoms with Crippen molar-refractivity contribution in [1.82, 2.24) is 0 Å². The van der Waals surface area contributed by atoms with E-state index in [1.165, 1.54) is 25.3 Å². The third-order valence-electron chi connectivity index (χ3n) is 4.58. The summed E-state index contributed by atoms with van der Waals surface area (Å²) >= 11 is 3.33. The molecule has 0 bridgehead atoms. The predicted molar refractivity (Wildman–Crippen MR) is 126 cm³/mol. The van der Waals surface area contributed by atoms with E-state index < -0.39 is 28.4 Å². The highest BCUT2D eigenvalue weighted by Gasteiger charge is 2.27. The molecule has 0 aliphatic heterocycles. The number of nitrogens with one attached hydrogen (secondary N) is 1. The lowest BCUT2D eigenvalue weighted by atomic mass is 10.2. The summed E-state index contributed by atoms with van der Waals surface area (Å²) in [4.78, 5) is 24.6. The highest BCUT2D eigenvalue weighted by atomic mass is 79.9. The van der Waals surface area contributed by atoms with Gasteiger partial charge in [0.25, 0.3) is 10.0 Å². The van der Waals surface area contributed by atoms with E-state index in [1.54, 1.807) is 54.6 Å². The standard InChI is InChI=1S/C23H21BrN2O5S/c1-16-6-12-21(13-7-16)32(29,30)26(20-10-8-18(24)9-11-20)15-22(27)25-19-5-3-4-17(14-19)23(28)31-2/h3-14H,15H2,1-2H3,(H,25,27). The Morgan fingerprint density at radius 3 is 2.28 bits per heavy atom. The molecule has 0 saturated heterocycles. The van der Waals surface area contributed by atoms with Crippen LogP contribution < -0.4 is 9.62 Å². The van der Waals surface area contributed by atoms with Crippen molar-refractivity contribution in [1.29, 1.82) is 0 Å². The van der Waals surface area contributed by atoms with E-state index in [-0.39, 0.29) is 10.5 Å². The van der Waals surface area contributed by atoms with E-state index in [2.05, 4.69) is 26.0 Å². The molecule has 0 unspecified atom stereocenters. The number of nitrogens with zero attached hydrogens (tertiary/aromatic N) is 1. The number of carbonyl (C=O) groups excluding carboxylic acids is 2. The van der Waals surface area contributed by atoms with Gasteiger partial charge < -0.3 is 10.1 Å². The number of rotatable bonds is 7. The van der Waals surface area contributed by atoms with Crippen LogP contribution in [0.15, 0.2) is 82.2 Å². The van der Waals surface area contributed by atoms with Crippen LogP contribution in [-0.2, 0) is 19.6 Å². The zero-order valence-corrected chi connectivity index (χ0v) is 19.8. The zero-order valence-electron chi connectivity index (χ0n) is 17.4. The second-order valence-electron chi connectivity index (χ2n) is 6.92. The molecule has 0 heterocycles. The molecule has 9 heteroatoms. The highest BCUT2D eigenvalue weighted by molar-refractivity contribution is 9.10. The summed E-state index contributed by atoms with van der Waals surface area (Å²) in [6.07, 6.45) is 0. The van der Waals surface area contributed by atoms with E-state index in [1.807, 2.05) is 6.92 Å². The summed E-state index contributed by atoms with van der Waals surface area (Å²) < 4.78 is 33.3. The summed E-state index contributed by atoms with van der Waals surface area (Å²) in [5, 5.41) is 2.64. The number of benzene rings is 3. The molecule has 1 amide bonds. The number of sulfonamides is 1. The number of amides is 1. The first-order valence-electron chi connectivity index (χ1n) is 9.54. The van der Waals surface area contributed by atoms with Gasteiger partial charge in [0.15, 0.2) is 0 Å². The smallest absolute Gasteiger partial charge is 0.337 e. The minimum atomic E-state index is -4.01. The van der Waals surface area contributed by atoms with Crippen molar-refractivity contribution in [2.75, 3.05) is 23.3 Å². The maximum atomic E-state index is 13.4. The van der Waals surface area contributed by atoms with Crippen LogP contribution in [0.2, 0.25) is 0 Å². The molecule has 32 heavy (non-hydrogen) atoms. The number of hydrogen-bond acceptors (Lipinski definition) is 5. The molecule has 0 aromatic heterocycles. The van der Waals surface area contributed by atoms with Crippen LogP contribution in [0, 0.1) is 6.92 Å². The van der Waals surface area contributed by atoms with E-state index in [4.69, 9.17) is 0 Å². The molecule has 0 aliphatic rings. The van der Waals surface area contributed by atoms with Gasteiger partial charge in [-0.25, -0.2) is 13.2 Å². The fourth-order valence-corrected chi connectivity index (χ4v) is 4.62. The number of hydrogen-bond donors (Lipinski definition) is 1. The molecule has 0 spiro atoms. The predicted octanol–water partition coefficient (Wildman–Crippen LogP) is 4.38. The summed E-state index contributed by atoms with van der Waals surface area (Å²) in [7, 11) is -2.75. The Kier molecular flexibility index (Phi) is 7.32. The number of methoxy groups -OCH3 is 1. The lowest BCUT2D eigenvalue weighted by molar-refractivity contribution is -0.114. The van der Waals surface area contributed by atoms with Crippen molar-refractivity contribution in [3.63, 3.8) is 0 Å². The minimum Gasteiger partial charge on any atom is -0.465 e. The Labute approximate surface area is 195 Å². The van der Waals surface area contributed by atoms with E-state index in [0.29, 0.717) is 11.4 Å². The largest absolute Gasteiger partial charge is 0.465 e. The molecule has 3 aromatic rings. The van der Waals surface area contributed by atoms with Crippen LogP contribution in [0.5, 0.6) is 0 Å². The fourth-order valence-electron chi connectivity index (χ4n) is 2.93. The van der Waals surface area contributed by atoms with Gasteiger partial charge in [0.1, 0.15) is 6.54 Å². The topological polar surface area (TPSA) is 92.8 Å². The lowest BCUT2D eigenvalue weighted by Crippen LogP contribution is -2.38. The molecule has 0 fully saturated rings. The molecule has 166 valence electrons. The Bertz CT molecular complexity index is 1230. The van der Waals surface area contributed by atoms with Crippen molar-refractivity contribution in [2.24, 2.45) is 0 Å². The third-order valence-corrected chi connectivity index (χ3v) is 6.89. The number of halogens is 1. The summed E-state index contributed by atoms with van der Waals surface area (Å²) in [6, 6.07) is 19.2. The molecular formula is C23H21BrN2O5S. The molecule has 3 aromatic carbocycles. The van der Waals surface area contributed by atoms with Gasteiger partial charge in [0.2, 0.25) is 5.91 Å². The molecule has 3 rings (SSSR count). The molecule has 0 aliphatic carbocycles. The summed E-state index contributed by atoms with van der Waals surface area (Å²) in [5.41, 5.74) is 1.87. The average Bonchev–Trinajstić information content (AvgIpc) is 2.78. The van der Waals surface area contributed by atoms with Crippen molar-refractivity contribution in [3.8, 4) is 0 Å². The van der Waals surface area contributed by atoms with Crippen molar-refractivity contribution >= 4 is 49.2 Å². The number of ether oxygens (including phenoxy) is 1. The van der Waals surface area contributed by atoms with E-state index in [0.717, 1.165) is 14.3 Å². The van der Waals surface area contributed by atoms with Crippen LogP contribution >= 0.6 is 15.9 Å². The van der Waals surface area contributed by atoms with E-state index >= 15 is 0 Å². The second-order valence-corrected chi connectivity index (χ2v) is 9.70. The first-order valence-corrected chi connectivity index (χ1v) is 11.8. The van der Waals surface area contributed by atoms with Crippen molar-refractivity contribution in [3.05, 3.63) is 88.4 Å². The number of carbonyl (C=O) groups is 2. The Morgan fingerprint density at radius 1 is 1.00 bits per heavy atom. The van der Waals surface area contributed by atoms with E-state index in [9.17, 15) is 18.0 Å². The van der Waals surface area contributed by atoms with Gasteiger partial charge in [0, 0.05) is 10.2 Å². The first-order chi connectivity index (χ1) is 15.2. The Balaban J connectivity index is 1.91. The SMILES string of the molecule is COC(=O)c1cccc(NC(=O)CN(c2ccc(Br)cc2)S(=O)(=O)c2ccc(C)cc2)c1. The van der Waals surface area contributed by atoms with Gasteiger partial charge in [-0.2, -0.15) is 0 Å². The lowest BCUT2D eigenvalue weighted by Gasteiger charge is -2.24. The van der Waals surface area contributed by atoms with Gasteiger partial charge in [-0.15, -0.1) is 0 Å². The normalized spacial score (nSPS) is 11.0. The number of aryl methyl sites for hydroxylation is 1. The summed E-state index contributed by atoms with van der Waals surface area (Å²) in [6.45, 7) is 1.40. The quantitative estimate of drug-likeness (QED) is 0.470. The van der Waals surface area contributed by atoms with Crippen LogP contribution in [0.3, 0.4) is 0 Å². The fraction of sp³-hybridized carbons (Fsp3) is 0.130. The highest BCUT2D eigenvalue weighted by Crippen LogP contribution is 2.26. The maximum Gasteiger partial charge on any atom is 0.337 e.